The number of rotatable bonds is 5. The number of halogens is 1. The molecular formula is C14H16ClN3O2S. The summed E-state index contributed by atoms with van der Waals surface area (Å²) in [5.74, 6) is -0.258. The van der Waals surface area contributed by atoms with Crippen LogP contribution < -0.4 is 10.6 Å². The van der Waals surface area contributed by atoms with E-state index in [1.54, 1.807) is 38.2 Å². The topological polar surface area (TPSA) is 74.2 Å². The summed E-state index contributed by atoms with van der Waals surface area (Å²) in [6.45, 7) is 1.89. The number of hydrogen-bond acceptors (Lipinski definition) is 5. The molecule has 5 nitrogen and oxygen atoms in total. The number of aliphatic hydroxyl groups excluding tert-OH is 1. The fourth-order valence-electron chi connectivity index (χ4n) is 1.92. The second-order valence-corrected chi connectivity index (χ2v) is 5.71. The van der Waals surface area contributed by atoms with Crippen molar-refractivity contribution in [1.29, 1.82) is 0 Å². The Morgan fingerprint density at radius 2 is 2.29 bits per heavy atom. The van der Waals surface area contributed by atoms with Gasteiger partial charge in [0.05, 0.1) is 17.4 Å². The molecule has 3 N–H and O–H groups in total. The Morgan fingerprint density at radius 1 is 1.52 bits per heavy atom. The monoisotopic (exact) mass is 325 g/mol. The van der Waals surface area contributed by atoms with Gasteiger partial charge in [-0.1, -0.05) is 23.7 Å². The average Bonchev–Trinajstić information content (AvgIpc) is 2.85. The number of nitrogens with one attached hydrogen (secondary N) is 2. The van der Waals surface area contributed by atoms with Crippen molar-refractivity contribution >= 4 is 34.0 Å². The van der Waals surface area contributed by atoms with E-state index < -0.39 is 6.10 Å². The number of amides is 1. The third-order valence-electron chi connectivity index (χ3n) is 3.01. The smallest absolute Gasteiger partial charge is 0.256 e. The van der Waals surface area contributed by atoms with Gasteiger partial charge in [0.1, 0.15) is 5.00 Å². The van der Waals surface area contributed by atoms with Crippen molar-refractivity contribution < 1.29 is 9.90 Å². The molecule has 1 unspecified atom stereocenters. The van der Waals surface area contributed by atoms with Crippen molar-refractivity contribution in [3.8, 4) is 0 Å². The van der Waals surface area contributed by atoms with E-state index in [-0.39, 0.29) is 12.5 Å². The lowest BCUT2D eigenvalue weighted by Crippen LogP contribution is -2.29. The molecule has 0 fully saturated rings. The SMILES string of the molecule is CNc1snc(C)c1C(=O)NCC(O)c1cccc(Cl)c1. The molecule has 2 rings (SSSR count). The van der Waals surface area contributed by atoms with E-state index >= 15 is 0 Å². The molecule has 0 saturated heterocycles. The minimum Gasteiger partial charge on any atom is -0.387 e. The quantitative estimate of drug-likeness (QED) is 0.790. The zero-order chi connectivity index (χ0) is 15.4. The first-order chi connectivity index (χ1) is 10.0. The molecule has 21 heavy (non-hydrogen) atoms. The summed E-state index contributed by atoms with van der Waals surface area (Å²) in [5, 5.41) is 17.0. The van der Waals surface area contributed by atoms with E-state index in [1.165, 1.54) is 11.5 Å². The maximum Gasteiger partial charge on any atom is 0.256 e. The lowest BCUT2D eigenvalue weighted by molar-refractivity contribution is 0.0916. The summed E-state index contributed by atoms with van der Waals surface area (Å²) in [5.41, 5.74) is 1.84. The molecule has 0 saturated carbocycles. The summed E-state index contributed by atoms with van der Waals surface area (Å²) in [7, 11) is 1.74. The van der Waals surface area contributed by atoms with Crippen molar-refractivity contribution in [3.63, 3.8) is 0 Å². The molecule has 1 atom stereocenters. The maximum absolute atomic E-state index is 12.2. The van der Waals surface area contributed by atoms with Crippen LogP contribution >= 0.6 is 23.1 Å². The van der Waals surface area contributed by atoms with Crippen LogP contribution in [0.15, 0.2) is 24.3 Å². The number of aryl methyl sites for hydroxylation is 1. The minimum atomic E-state index is -0.808. The lowest BCUT2D eigenvalue weighted by atomic mass is 10.1. The van der Waals surface area contributed by atoms with Gasteiger partial charge in [-0.15, -0.1) is 0 Å². The summed E-state index contributed by atoms with van der Waals surface area (Å²) >= 11 is 7.11. The third-order valence-corrected chi connectivity index (χ3v) is 4.20. The van der Waals surface area contributed by atoms with Crippen LogP contribution in [0.4, 0.5) is 5.00 Å². The summed E-state index contributed by atoms with van der Waals surface area (Å²) in [6, 6.07) is 6.93. The van der Waals surface area contributed by atoms with E-state index in [0.717, 1.165) is 0 Å². The highest BCUT2D eigenvalue weighted by atomic mass is 35.5. The van der Waals surface area contributed by atoms with E-state index in [4.69, 9.17) is 11.6 Å². The highest BCUT2D eigenvalue weighted by molar-refractivity contribution is 7.10. The molecule has 1 aromatic carbocycles. The van der Waals surface area contributed by atoms with Crippen molar-refractivity contribution in [1.82, 2.24) is 9.69 Å². The van der Waals surface area contributed by atoms with Crippen LogP contribution in [-0.2, 0) is 0 Å². The Bertz CT molecular complexity index is 645. The van der Waals surface area contributed by atoms with Gasteiger partial charge >= 0.3 is 0 Å². The standard InChI is InChI=1S/C14H16ClN3O2S/c1-8-12(14(16-2)21-18-8)13(20)17-7-11(19)9-4-3-5-10(15)6-9/h3-6,11,16,19H,7H2,1-2H3,(H,17,20). The molecule has 0 spiro atoms. The Morgan fingerprint density at radius 3 is 2.95 bits per heavy atom. The number of anilines is 1. The van der Waals surface area contributed by atoms with Crippen LogP contribution in [0.25, 0.3) is 0 Å². The van der Waals surface area contributed by atoms with Crippen LogP contribution in [-0.4, -0.2) is 29.0 Å². The second-order valence-electron chi connectivity index (χ2n) is 4.50. The van der Waals surface area contributed by atoms with Gasteiger partial charge in [-0.2, -0.15) is 4.37 Å². The zero-order valence-corrected chi connectivity index (χ0v) is 13.3. The van der Waals surface area contributed by atoms with Crippen LogP contribution in [0.3, 0.4) is 0 Å². The molecule has 0 aliphatic carbocycles. The van der Waals surface area contributed by atoms with Gasteiger partial charge in [0.25, 0.3) is 5.91 Å². The number of nitrogens with zero attached hydrogens (tertiary/aromatic N) is 1. The van der Waals surface area contributed by atoms with Crippen LogP contribution in [0, 0.1) is 6.92 Å². The van der Waals surface area contributed by atoms with Gasteiger partial charge in [-0.25, -0.2) is 0 Å². The predicted molar refractivity (Wildman–Crippen MR) is 85.1 cm³/mol. The molecular weight excluding hydrogens is 310 g/mol. The van der Waals surface area contributed by atoms with E-state index in [2.05, 4.69) is 15.0 Å². The van der Waals surface area contributed by atoms with Gasteiger partial charge in [-0.05, 0) is 36.2 Å². The molecule has 0 radical (unpaired) electrons. The first-order valence-corrected chi connectivity index (χ1v) is 7.53. The fourth-order valence-corrected chi connectivity index (χ4v) is 2.86. The Balaban J connectivity index is 2.02. The van der Waals surface area contributed by atoms with E-state index in [9.17, 15) is 9.90 Å². The zero-order valence-electron chi connectivity index (χ0n) is 11.7. The number of carbonyl (C=O) groups is 1. The number of aromatic nitrogens is 1. The number of hydrogen-bond donors (Lipinski definition) is 3. The Hall–Kier alpha value is -1.63. The Labute approximate surface area is 132 Å². The minimum absolute atomic E-state index is 0.109. The second kappa shape index (κ2) is 6.89. The van der Waals surface area contributed by atoms with Crippen molar-refractivity contribution in [2.45, 2.75) is 13.0 Å². The van der Waals surface area contributed by atoms with E-state index in [0.29, 0.717) is 26.8 Å². The third kappa shape index (κ3) is 3.72. The molecule has 0 aliphatic rings. The highest BCUT2D eigenvalue weighted by Crippen LogP contribution is 2.24. The van der Waals surface area contributed by atoms with Gasteiger partial charge in [0.15, 0.2) is 0 Å². The molecule has 7 heteroatoms. The molecule has 0 aliphatic heterocycles. The van der Waals surface area contributed by atoms with Gasteiger partial charge in [0.2, 0.25) is 0 Å². The number of aliphatic hydroxyl groups is 1. The normalized spacial score (nSPS) is 12.0. The first-order valence-electron chi connectivity index (χ1n) is 6.38. The summed E-state index contributed by atoms with van der Waals surface area (Å²) in [4.78, 5) is 12.2. The first kappa shape index (κ1) is 15.8. The molecule has 1 amide bonds. The molecule has 1 aromatic heterocycles. The highest BCUT2D eigenvalue weighted by Gasteiger charge is 2.18. The van der Waals surface area contributed by atoms with Gasteiger partial charge in [-0.3, -0.25) is 4.79 Å². The van der Waals surface area contributed by atoms with Crippen molar-refractivity contribution in [3.05, 3.63) is 46.1 Å². The van der Waals surface area contributed by atoms with E-state index in [1.807, 2.05) is 0 Å². The largest absolute Gasteiger partial charge is 0.387 e. The number of benzene rings is 1. The lowest BCUT2D eigenvalue weighted by Gasteiger charge is -2.13. The van der Waals surface area contributed by atoms with Gasteiger partial charge < -0.3 is 15.7 Å². The molecule has 2 aromatic rings. The van der Waals surface area contributed by atoms with Gasteiger partial charge in [0, 0.05) is 18.6 Å². The fraction of sp³-hybridized carbons (Fsp3) is 0.286. The Kier molecular flexibility index (Phi) is 5.17. The molecule has 112 valence electrons. The summed E-state index contributed by atoms with van der Waals surface area (Å²) in [6.07, 6.45) is -0.808. The van der Waals surface area contributed by atoms with Crippen molar-refractivity contribution in [2.24, 2.45) is 0 Å². The number of carbonyl (C=O) groups excluding carboxylic acids is 1. The molecule has 1 heterocycles. The van der Waals surface area contributed by atoms with Crippen molar-refractivity contribution in [2.75, 3.05) is 18.9 Å². The predicted octanol–water partition coefficient (Wildman–Crippen LogP) is 2.61. The van der Waals surface area contributed by atoms with Crippen LogP contribution in [0.5, 0.6) is 0 Å². The maximum atomic E-state index is 12.2. The molecule has 0 bridgehead atoms. The van der Waals surface area contributed by atoms with Crippen LogP contribution in [0.1, 0.15) is 27.7 Å². The summed E-state index contributed by atoms with van der Waals surface area (Å²) < 4.78 is 4.14. The van der Waals surface area contributed by atoms with Crippen LogP contribution in [0.2, 0.25) is 5.02 Å². The average molecular weight is 326 g/mol.